The quantitative estimate of drug-likeness (QED) is 0.359. The number of aromatic amines is 1. The predicted octanol–water partition coefficient (Wildman–Crippen LogP) is 4.31. The average molecular weight is 451 g/mol. The minimum atomic E-state index is 0.564. The first-order chi connectivity index (χ1) is 16.8. The van der Waals surface area contributed by atoms with Crippen LogP contribution in [0.1, 0.15) is 36.3 Å². The summed E-state index contributed by atoms with van der Waals surface area (Å²) in [6.07, 6.45) is 5.57. The maximum atomic E-state index is 4.82. The third kappa shape index (κ3) is 4.91. The Bertz CT molecular complexity index is 1330. The van der Waals surface area contributed by atoms with E-state index < -0.39 is 0 Å². The number of pyridine rings is 1. The number of H-pyrrole nitrogens is 1. The molecular weight excluding hydrogens is 424 g/mol. The summed E-state index contributed by atoms with van der Waals surface area (Å²) in [4.78, 5) is 9.54. The first kappa shape index (κ1) is 21.6. The highest BCUT2D eigenvalue weighted by molar-refractivity contribution is 5.79. The van der Waals surface area contributed by atoms with E-state index in [1.54, 1.807) is 0 Å². The van der Waals surface area contributed by atoms with Crippen molar-refractivity contribution in [1.29, 1.82) is 0 Å². The van der Waals surface area contributed by atoms with Gasteiger partial charge in [-0.05, 0) is 35.2 Å². The lowest BCUT2D eigenvalue weighted by atomic mass is 10.0. The number of nitrogens with zero attached hydrogens (tertiary/aromatic N) is 7. The number of aryl methyl sites for hydroxylation is 3. The Kier molecular flexibility index (Phi) is 6.47. The van der Waals surface area contributed by atoms with Crippen LogP contribution >= 0.6 is 0 Å². The Morgan fingerprint density at radius 1 is 0.853 bits per heavy atom. The number of rotatable bonds is 9. The Labute approximate surface area is 198 Å². The number of hydrogen-bond acceptors (Lipinski definition) is 6. The van der Waals surface area contributed by atoms with Crippen molar-refractivity contribution in [3.05, 3.63) is 95.8 Å². The molecule has 34 heavy (non-hydrogen) atoms. The van der Waals surface area contributed by atoms with E-state index in [0.29, 0.717) is 12.4 Å². The minimum absolute atomic E-state index is 0.564. The lowest BCUT2D eigenvalue weighted by molar-refractivity contribution is 0.614. The van der Waals surface area contributed by atoms with Crippen LogP contribution in [0.2, 0.25) is 0 Å². The predicted molar refractivity (Wildman–Crippen MR) is 130 cm³/mol. The van der Waals surface area contributed by atoms with Crippen molar-refractivity contribution in [2.75, 3.05) is 0 Å². The molecule has 0 aliphatic heterocycles. The fourth-order valence-corrected chi connectivity index (χ4v) is 4.00. The van der Waals surface area contributed by atoms with Gasteiger partial charge in [-0.2, -0.15) is 10.3 Å². The number of nitrogens with one attached hydrogen (secondary N) is 1. The number of hydrogen-bond donors (Lipinski definition) is 1. The highest BCUT2D eigenvalue weighted by Crippen LogP contribution is 2.29. The van der Waals surface area contributed by atoms with Crippen LogP contribution < -0.4 is 0 Å². The highest BCUT2D eigenvalue weighted by Gasteiger charge is 2.13. The Balaban J connectivity index is 1.34. The summed E-state index contributed by atoms with van der Waals surface area (Å²) >= 11 is 0. The molecule has 0 saturated heterocycles. The standard InChI is InChI=1S/C26H26N8/c1-2-8-25-28-24(16-13-19-9-4-3-5-10-19)31-34(25)18-21-15-14-20(17-27-21)22-11-6-7-12-23(22)26-29-32-33-30-26/h3-7,9-12,14-15,17H,2,8,13,16,18H2,1H3,(H,29,30,32,33). The zero-order valence-electron chi connectivity index (χ0n) is 19.1. The Morgan fingerprint density at radius 2 is 1.68 bits per heavy atom. The Hall–Kier alpha value is -4.20. The fourth-order valence-electron chi connectivity index (χ4n) is 4.00. The summed E-state index contributed by atoms with van der Waals surface area (Å²) in [7, 11) is 0. The first-order valence-electron chi connectivity index (χ1n) is 11.5. The molecule has 0 amide bonds. The maximum absolute atomic E-state index is 4.82. The monoisotopic (exact) mass is 450 g/mol. The molecule has 3 heterocycles. The van der Waals surface area contributed by atoms with Gasteiger partial charge in [-0.1, -0.05) is 67.6 Å². The van der Waals surface area contributed by atoms with Gasteiger partial charge >= 0.3 is 0 Å². The van der Waals surface area contributed by atoms with E-state index >= 15 is 0 Å². The van der Waals surface area contributed by atoms with E-state index in [-0.39, 0.29) is 0 Å². The second-order valence-corrected chi connectivity index (χ2v) is 8.16. The van der Waals surface area contributed by atoms with Gasteiger partial charge in [-0.3, -0.25) is 4.98 Å². The molecule has 5 aromatic rings. The lowest BCUT2D eigenvalue weighted by Crippen LogP contribution is -2.08. The van der Waals surface area contributed by atoms with Crippen LogP contribution in [-0.2, 0) is 25.8 Å². The third-order valence-corrected chi connectivity index (χ3v) is 5.71. The molecule has 0 fully saturated rings. The van der Waals surface area contributed by atoms with Crippen molar-refractivity contribution in [1.82, 2.24) is 40.4 Å². The summed E-state index contributed by atoms with van der Waals surface area (Å²) in [6, 6.07) is 22.6. The summed E-state index contributed by atoms with van der Waals surface area (Å²) in [5.41, 5.74) is 5.17. The van der Waals surface area contributed by atoms with E-state index in [1.165, 1.54) is 5.56 Å². The molecule has 2 aromatic carbocycles. The van der Waals surface area contributed by atoms with Gasteiger partial charge in [-0.15, -0.1) is 10.2 Å². The van der Waals surface area contributed by atoms with Gasteiger partial charge in [0.2, 0.25) is 5.82 Å². The minimum Gasteiger partial charge on any atom is -0.259 e. The second kappa shape index (κ2) is 10.2. The van der Waals surface area contributed by atoms with Crippen molar-refractivity contribution in [2.45, 2.75) is 39.2 Å². The van der Waals surface area contributed by atoms with Crippen molar-refractivity contribution in [2.24, 2.45) is 0 Å². The highest BCUT2D eigenvalue weighted by atomic mass is 15.5. The van der Waals surface area contributed by atoms with Crippen LogP contribution in [0, 0.1) is 0 Å². The fraction of sp³-hybridized carbons (Fsp3) is 0.231. The molecule has 5 rings (SSSR count). The van der Waals surface area contributed by atoms with Crippen molar-refractivity contribution >= 4 is 0 Å². The second-order valence-electron chi connectivity index (χ2n) is 8.16. The molecule has 0 spiro atoms. The molecular formula is C26H26N8. The molecule has 8 nitrogen and oxygen atoms in total. The van der Waals surface area contributed by atoms with Gasteiger partial charge < -0.3 is 0 Å². The average Bonchev–Trinajstić information content (AvgIpc) is 3.55. The van der Waals surface area contributed by atoms with Gasteiger partial charge in [0.15, 0.2) is 5.82 Å². The summed E-state index contributed by atoms with van der Waals surface area (Å²) in [5.74, 6) is 2.46. The Morgan fingerprint density at radius 3 is 2.41 bits per heavy atom. The van der Waals surface area contributed by atoms with Crippen molar-refractivity contribution in [3.8, 4) is 22.5 Å². The van der Waals surface area contributed by atoms with E-state index in [9.17, 15) is 0 Å². The van der Waals surface area contributed by atoms with E-state index in [2.05, 4.69) is 57.9 Å². The third-order valence-electron chi connectivity index (χ3n) is 5.71. The summed E-state index contributed by atoms with van der Waals surface area (Å²) in [5, 5.41) is 19.3. The van der Waals surface area contributed by atoms with Gasteiger partial charge in [0.25, 0.3) is 0 Å². The SMILES string of the molecule is CCCc1nc(CCc2ccccc2)nn1Cc1ccc(-c2ccccc2-c2nn[nH]n2)cn1. The number of aromatic nitrogens is 8. The molecule has 0 unspecified atom stereocenters. The lowest BCUT2D eigenvalue weighted by Gasteiger charge is -2.08. The van der Waals surface area contributed by atoms with Crippen LogP contribution in [0.4, 0.5) is 0 Å². The summed E-state index contributed by atoms with van der Waals surface area (Å²) in [6.45, 7) is 2.76. The van der Waals surface area contributed by atoms with E-state index in [4.69, 9.17) is 15.1 Å². The molecule has 0 aliphatic carbocycles. The maximum Gasteiger partial charge on any atom is 0.205 e. The van der Waals surface area contributed by atoms with Crippen LogP contribution in [0.25, 0.3) is 22.5 Å². The van der Waals surface area contributed by atoms with Crippen molar-refractivity contribution < 1.29 is 0 Å². The molecule has 1 N–H and O–H groups in total. The van der Waals surface area contributed by atoms with E-state index in [1.807, 2.05) is 47.3 Å². The van der Waals surface area contributed by atoms with Gasteiger partial charge in [0, 0.05) is 30.2 Å². The normalized spacial score (nSPS) is 11.1. The molecule has 0 atom stereocenters. The molecule has 8 heteroatoms. The van der Waals surface area contributed by atoms with Crippen LogP contribution in [0.5, 0.6) is 0 Å². The van der Waals surface area contributed by atoms with Gasteiger partial charge in [-0.25, -0.2) is 9.67 Å². The number of tetrazole rings is 1. The smallest absolute Gasteiger partial charge is 0.205 e. The molecule has 3 aromatic heterocycles. The zero-order chi connectivity index (χ0) is 23.2. The zero-order valence-corrected chi connectivity index (χ0v) is 19.1. The molecule has 0 radical (unpaired) electrons. The van der Waals surface area contributed by atoms with Gasteiger partial charge in [0.05, 0.1) is 12.2 Å². The molecule has 0 bridgehead atoms. The van der Waals surface area contributed by atoms with Crippen LogP contribution in [0.3, 0.4) is 0 Å². The molecule has 0 aliphatic rings. The molecule has 0 saturated carbocycles. The van der Waals surface area contributed by atoms with Crippen LogP contribution in [-0.4, -0.2) is 40.4 Å². The van der Waals surface area contributed by atoms with Gasteiger partial charge in [0.1, 0.15) is 5.82 Å². The largest absolute Gasteiger partial charge is 0.259 e. The van der Waals surface area contributed by atoms with Crippen LogP contribution in [0.15, 0.2) is 72.9 Å². The summed E-state index contributed by atoms with van der Waals surface area (Å²) < 4.78 is 2.00. The first-order valence-corrected chi connectivity index (χ1v) is 11.5. The molecule has 170 valence electrons. The van der Waals surface area contributed by atoms with Crippen molar-refractivity contribution in [3.63, 3.8) is 0 Å². The van der Waals surface area contributed by atoms with E-state index in [0.717, 1.165) is 59.7 Å². The topological polar surface area (TPSA) is 98.1 Å². The number of benzene rings is 2.